The molecule has 5 heteroatoms. The number of nitrogens with zero attached hydrogens (tertiary/aromatic N) is 3. The van der Waals surface area contributed by atoms with Crippen molar-refractivity contribution in [1.82, 2.24) is 9.78 Å². The van der Waals surface area contributed by atoms with Crippen LogP contribution in [0.1, 0.15) is 35.5 Å². The van der Waals surface area contributed by atoms with E-state index < -0.39 is 0 Å². The molecule has 0 saturated heterocycles. The van der Waals surface area contributed by atoms with Crippen LogP contribution in [0, 0.1) is 25.2 Å². The molecule has 104 valence electrons. The van der Waals surface area contributed by atoms with Crippen molar-refractivity contribution in [3.05, 3.63) is 45.7 Å². The fraction of sp³-hybridized carbons (Fsp3) is 0.333. The molecule has 1 aromatic carbocycles. The second-order valence-electron chi connectivity index (χ2n) is 4.88. The number of aryl methyl sites for hydroxylation is 2. The molecule has 1 N–H and O–H groups in total. The van der Waals surface area contributed by atoms with Gasteiger partial charge in [-0.2, -0.15) is 10.4 Å². The van der Waals surface area contributed by atoms with Gasteiger partial charge in [-0.25, -0.2) is 0 Å². The number of anilines is 1. The molecule has 0 spiro atoms. The number of aromatic nitrogens is 2. The zero-order chi connectivity index (χ0) is 14.9. The number of hydrogen-bond acceptors (Lipinski definition) is 3. The van der Waals surface area contributed by atoms with E-state index in [4.69, 9.17) is 16.9 Å². The van der Waals surface area contributed by atoms with Crippen LogP contribution >= 0.6 is 11.6 Å². The predicted octanol–water partition coefficient (Wildman–Crippen LogP) is 3.74. The largest absolute Gasteiger partial charge is 0.378 e. The van der Waals surface area contributed by atoms with Gasteiger partial charge < -0.3 is 5.32 Å². The van der Waals surface area contributed by atoms with E-state index in [1.807, 2.05) is 24.7 Å². The topological polar surface area (TPSA) is 53.6 Å². The molecule has 0 bridgehead atoms. The number of nitrogens with one attached hydrogen (secondary N) is 1. The molecule has 0 aliphatic rings. The second-order valence-corrected chi connectivity index (χ2v) is 5.29. The lowest BCUT2D eigenvalue weighted by Gasteiger charge is -2.16. The molecule has 1 aromatic heterocycles. The lowest BCUT2D eigenvalue weighted by atomic mass is 10.1. The van der Waals surface area contributed by atoms with Crippen LogP contribution in [-0.4, -0.2) is 9.78 Å². The Labute approximate surface area is 124 Å². The molecule has 0 aliphatic heterocycles. The van der Waals surface area contributed by atoms with E-state index >= 15 is 0 Å². The van der Waals surface area contributed by atoms with Crippen LogP contribution in [0.25, 0.3) is 0 Å². The number of rotatable bonds is 3. The summed E-state index contributed by atoms with van der Waals surface area (Å²) in [6.07, 6.45) is 0. The zero-order valence-corrected chi connectivity index (χ0v) is 12.8. The van der Waals surface area contributed by atoms with Crippen molar-refractivity contribution in [2.45, 2.75) is 26.8 Å². The van der Waals surface area contributed by atoms with Crippen LogP contribution in [-0.2, 0) is 7.05 Å². The lowest BCUT2D eigenvalue weighted by molar-refractivity contribution is 0.728. The van der Waals surface area contributed by atoms with E-state index in [1.54, 1.807) is 12.1 Å². The minimum absolute atomic E-state index is 0.108. The van der Waals surface area contributed by atoms with Gasteiger partial charge in [0.15, 0.2) is 0 Å². The van der Waals surface area contributed by atoms with Crippen molar-refractivity contribution in [1.29, 1.82) is 5.26 Å². The maximum Gasteiger partial charge on any atom is 0.101 e. The third-order valence-corrected chi connectivity index (χ3v) is 3.80. The van der Waals surface area contributed by atoms with Gasteiger partial charge in [0, 0.05) is 24.0 Å². The monoisotopic (exact) mass is 288 g/mol. The Morgan fingerprint density at radius 2 is 2.10 bits per heavy atom. The first kappa shape index (κ1) is 14.4. The Morgan fingerprint density at radius 3 is 2.65 bits per heavy atom. The van der Waals surface area contributed by atoms with Gasteiger partial charge in [0.2, 0.25) is 0 Å². The quantitative estimate of drug-likeness (QED) is 0.936. The highest BCUT2D eigenvalue weighted by atomic mass is 35.5. The fourth-order valence-corrected chi connectivity index (χ4v) is 2.60. The Balaban J connectivity index is 2.28. The molecule has 0 radical (unpaired) electrons. The molecule has 1 unspecified atom stereocenters. The van der Waals surface area contributed by atoms with E-state index in [9.17, 15) is 0 Å². The van der Waals surface area contributed by atoms with Crippen molar-refractivity contribution in [3.8, 4) is 6.07 Å². The summed E-state index contributed by atoms with van der Waals surface area (Å²) in [4.78, 5) is 0. The maximum atomic E-state index is 9.01. The SMILES string of the molecule is Cc1nn(C)c(C)c1C(C)Nc1ccc(Cl)c(C#N)c1. The van der Waals surface area contributed by atoms with Crippen molar-refractivity contribution in [3.63, 3.8) is 0 Å². The van der Waals surface area contributed by atoms with Crippen LogP contribution < -0.4 is 5.32 Å². The Morgan fingerprint density at radius 1 is 1.40 bits per heavy atom. The van der Waals surface area contributed by atoms with E-state index in [0.29, 0.717) is 10.6 Å². The Bertz CT molecular complexity index is 682. The van der Waals surface area contributed by atoms with Gasteiger partial charge >= 0.3 is 0 Å². The summed E-state index contributed by atoms with van der Waals surface area (Å²) in [5.74, 6) is 0. The molecule has 0 fully saturated rings. The minimum atomic E-state index is 0.108. The predicted molar refractivity (Wildman–Crippen MR) is 80.9 cm³/mol. The first-order valence-corrected chi connectivity index (χ1v) is 6.78. The molecule has 2 aromatic rings. The van der Waals surface area contributed by atoms with Crippen LogP contribution in [0.15, 0.2) is 18.2 Å². The molecule has 0 aliphatic carbocycles. The van der Waals surface area contributed by atoms with E-state index in [2.05, 4.69) is 30.3 Å². The van der Waals surface area contributed by atoms with Crippen molar-refractivity contribution >= 4 is 17.3 Å². The van der Waals surface area contributed by atoms with Crippen LogP contribution in [0.2, 0.25) is 5.02 Å². The molecule has 1 heterocycles. The summed E-state index contributed by atoms with van der Waals surface area (Å²) in [5.41, 5.74) is 4.68. The van der Waals surface area contributed by atoms with Gasteiger partial charge in [0.1, 0.15) is 6.07 Å². The molecule has 0 amide bonds. The summed E-state index contributed by atoms with van der Waals surface area (Å²) in [7, 11) is 1.94. The molecule has 4 nitrogen and oxygen atoms in total. The highest BCUT2D eigenvalue weighted by molar-refractivity contribution is 6.31. The zero-order valence-electron chi connectivity index (χ0n) is 12.0. The standard InChI is InChI=1S/C15H17ClN4/c1-9(15-10(2)19-20(4)11(15)3)18-13-5-6-14(16)12(7-13)8-17/h5-7,9,18H,1-4H3. The van der Waals surface area contributed by atoms with Gasteiger partial charge in [-0.1, -0.05) is 11.6 Å². The fourth-order valence-electron chi connectivity index (χ4n) is 2.44. The van der Waals surface area contributed by atoms with Crippen molar-refractivity contribution < 1.29 is 0 Å². The maximum absolute atomic E-state index is 9.01. The van der Waals surface area contributed by atoms with Crippen molar-refractivity contribution in [2.75, 3.05) is 5.32 Å². The number of hydrogen-bond donors (Lipinski definition) is 1. The third kappa shape index (κ3) is 2.63. The summed E-state index contributed by atoms with van der Waals surface area (Å²) in [5, 5.41) is 17.3. The van der Waals surface area contributed by atoms with Crippen LogP contribution in [0.3, 0.4) is 0 Å². The normalized spacial score (nSPS) is 12.0. The minimum Gasteiger partial charge on any atom is -0.378 e. The number of halogens is 1. The first-order valence-electron chi connectivity index (χ1n) is 6.40. The smallest absolute Gasteiger partial charge is 0.101 e. The van der Waals surface area contributed by atoms with Crippen LogP contribution in [0.5, 0.6) is 0 Å². The summed E-state index contributed by atoms with van der Waals surface area (Å²) < 4.78 is 1.88. The highest BCUT2D eigenvalue weighted by Crippen LogP contribution is 2.26. The second kappa shape index (κ2) is 5.56. The average molecular weight is 289 g/mol. The van der Waals surface area contributed by atoms with Gasteiger partial charge in [-0.15, -0.1) is 0 Å². The van der Waals surface area contributed by atoms with E-state index in [-0.39, 0.29) is 6.04 Å². The van der Waals surface area contributed by atoms with E-state index in [0.717, 1.165) is 17.1 Å². The third-order valence-electron chi connectivity index (χ3n) is 3.47. The molecular weight excluding hydrogens is 272 g/mol. The Hall–Kier alpha value is -1.99. The van der Waals surface area contributed by atoms with Crippen molar-refractivity contribution in [2.24, 2.45) is 7.05 Å². The molecular formula is C15H17ClN4. The molecule has 0 saturated carbocycles. The van der Waals surface area contributed by atoms with Crippen LogP contribution in [0.4, 0.5) is 5.69 Å². The average Bonchev–Trinajstić information content (AvgIpc) is 2.65. The lowest BCUT2D eigenvalue weighted by Crippen LogP contribution is -2.09. The van der Waals surface area contributed by atoms with Gasteiger partial charge in [0.25, 0.3) is 0 Å². The molecule has 20 heavy (non-hydrogen) atoms. The van der Waals surface area contributed by atoms with Gasteiger partial charge in [-0.3, -0.25) is 4.68 Å². The van der Waals surface area contributed by atoms with Gasteiger partial charge in [-0.05, 0) is 39.0 Å². The number of benzene rings is 1. The Kier molecular flexibility index (Phi) is 4.01. The molecule has 2 rings (SSSR count). The van der Waals surface area contributed by atoms with E-state index in [1.165, 1.54) is 5.56 Å². The molecule has 1 atom stereocenters. The summed E-state index contributed by atoms with van der Waals surface area (Å²) in [6, 6.07) is 7.57. The highest BCUT2D eigenvalue weighted by Gasteiger charge is 2.16. The summed E-state index contributed by atoms with van der Waals surface area (Å²) in [6.45, 7) is 6.14. The van der Waals surface area contributed by atoms with Gasteiger partial charge in [0.05, 0.1) is 22.3 Å². The number of nitriles is 1. The first-order chi connectivity index (χ1) is 9.43. The summed E-state index contributed by atoms with van der Waals surface area (Å²) >= 11 is 5.94.